The second-order valence-corrected chi connectivity index (χ2v) is 3.24. The van der Waals surface area contributed by atoms with Crippen LogP contribution in [0.4, 0.5) is 5.69 Å². The van der Waals surface area contributed by atoms with Gasteiger partial charge in [0.1, 0.15) is 5.75 Å². The van der Waals surface area contributed by atoms with E-state index in [2.05, 4.69) is 0 Å². The summed E-state index contributed by atoms with van der Waals surface area (Å²) in [5.41, 5.74) is 1.01. The Morgan fingerprint density at radius 1 is 1.33 bits per heavy atom. The average Bonchev–Trinajstić information content (AvgIpc) is 2.26. The number of ether oxygens (including phenoxy) is 1. The Bertz CT molecular complexity index is 354. The molecule has 0 heterocycles. The lowest BCUT2D eigenvalue weighted by molar-refractivity contribution is -0.112. The van der Waals surface area contributed by atoms with Crippen LogP contribution in [0.3, 0.4) is 0 Å². The highest BCUT2D eigenvalue weighted by Gasteiger charge is 1.97. The van der Waals surface area contributed by atoms with E-state index in [4.69, 9.17) is 4.74 Å². The van der Waals surface area contributed by atoms with Crippen LogP contribution in [0.1, 0.15) is 6.92 Å². The van der Waals surface area contributed by atoms with E-state index in [0.29, 0.717) is 0 Å². The van der Waals surface area contributed by atoms with Gasteiger partial charge in [-0.05, 0) is 37.3 Å². The molecule has 0 aliphatic heterocycles. The number of benzene rings is 1. The Kier molecular flexibility index (Phi) is 3.92. The fraction of sp³-hybridized carbons (Fsp3) is 0.250. The summed E-state index contributed by atoms with van der Waals surface area (Å²) in [7, 11) is 3.52. The first-order chi connectivity index (χ1) is 7.13. The van der Waals surface area contributed by atoms with E-state index in [1.807, 2.05) is 36.2 Å². The van der Waals surface area contributed by atoms with E-state index < -0.39 is 0 Å². The number of hydrogen-bond acceptors (Lipinski definition) is 3. The molecule has 0 saturated heterocycles. The molecule has 0 aromatic heterocycles. The third-order valence-electron chi connectivity index (χ3n) is 2.01. The van der Waals surface area contributed by atoms with Gasteiger partial charge in [-0.15, -0.1) is 0 Å². The van der Waals surface area contributed by atoms with Gasteiger partial charge in [0.05, 0.1) is 7.11 Å². The second-order valence-electron chi connectivity index (χ2n) is 3.24. The topological polar surface area (TPSA) is 29.5 Å². The minimum absolute atomic E-state index is 0.0374. The maximum Gasteiger partial charge on any atom is 0.154 e. The van der Waals surface area contributed by atoms with Crippen molar-refractivity contribution >= 4 is 11.5 Å². The molecule has 0 N–H and O–H groups in total. The summed E-state index contributed by atoms with van der Waals surface area (Å²) in [6.45, 7) is 1.53. The van der Waals surface area contributed by atoms with E-state index >= 15 is 0 Å². The van der Waals surface area contributed by atoms with Gasteiger partial charge in [-0.25, -0.2) is 0 Å². The molecular weight excluding hydrogens is 190 g/mol. The molecule has 1 aromatic rings. The number of rotatable bonds is 4. The molecule has 0 unspecified atom stereocenters. The molecule has 3 heteroatoms. The number of carbonyl (C=O) groups excluding carboxylic acids is 1. The maximum absolute atomic E-state index is 10.7. The SMILES string of the molecule is COc1ccc(N(C)/C=C/C(C)=O)cc1. The Hall–Kier alpha value is -1.77. The standard InChI is InChI=1S/C12H15NO2/c1-10(14)8-9-13(2)11-4-6-12(15-3)7-5-11/h4-9H,1-3H3/b9-8+. The van der Waals surface area contributed by atoms with Crippen LogP contribution >= 0.6 is 0 Å². The lowest BCUT2D eigenvalue weighted by Gasteiger charge is -2.13. The lowest BCUT2D eigenvalue weighted by Crippen LogP contribution is -2.08. The Balaban J connectivity index is 2.74. The molecule has 80 valence electrons. The largest absolute Gasteiger partial charge is 0.497 e. The first kappa shape index (κ1) is 11.3. The molecule has 0 bridgehead atoms. The summed E-state index contributed by atoms with van der Waals surface area (Å²) in [5, 5.41) is 0. The Morgan fingerprint density at radius 3 is 2.40 bits per heavy atom. The van der Waals surface area contributed by atoms with Crippen molar-refractivity contribution in [3.63, 3.8) is 0 Å². The van der Waals surface area contributed by atoms with Gasteiger partial charge in [-0.2, -0.15) is 0 Å². The number of ketones is 1. The van der Waals surface area contributed by atoms with Crippen molar-refractivity contribution < 1.29 is 9.53 Å². The highest BCUT2D eigenvalue weighted by Crippen LogP contribution is 2.18. The Morgan fingerprint density at radius 2 is 1.93 bits per heavy atom. The molecule has 0 spiro atoms. The molecule has 1 aromatic carbocycles. The number of hydrogen-bond donors (Lipinski definition) is 0. The molecule has 0 amide bonds. The van der Waals surface area contributed by atoms with Crippen molar-refractivity contribution in [3.8, 4) is 5.75 Å². The van der Waals surface area contributed by atoms with Crippen molar-refractivity contribution in [2.75, 3.05) is 19.1 Å². The summed E-state index contributed by atoms with van der Waals surface area (Å²) in [6, 6.07) is 7.63. The van der Waals surface area contributed by atoms with E-state index in [1.165, 1.54) is 13.0 Å². The number of anilines is 1. The van der Waals surface area contributed by atoms with Crippen LogP contribution in [0.2, 0.25) is 0 Å². The van der Waals surface area contributed by atoms with Crippen molar-refractivity contribution in [3.05, 3.63) is 36.5 Å². The fourth-order valence-electron chi connectivity index (χ4n) is 1.12. The highest BCUT2D eigenvalue weighted by atomic mass is 16.5. The Labute approximate surface area is 90.0 Å². The molecule has 0 aliphatic carbocycles. The van der Waals surface area contributed by atoms with Gasteiger partial charge in [0.15, 0.2) is 5.78 Å². The van der Waals surface area contributed by atoms with Gasteiger partial charge in [0.2, 0.25) is 0 Å². The molecule has 3 nitrogen and oxygen atoms in total. The minimum Gasteiger partial charge on any atom is -0.497 e. The second kappa shape index (κ2) is 5.20. The number of nitrogens with zero attached hydrogens (tertiary/aromatic N) is 1. The summed E-state index contributed by atoms with van der Waals surface area (Å²) in [6.07, 6.45) is 3.27. The van der Waals surface area contributed by atoms with Crippen molar-refractivity contribution in [1.82, 2.24) is 0 Å². The zero-order valence-corrected chi connectivity index (χ0v) is 9.23. The summed E-state index contributed by atoms with van der Waals surface area (Å²) in [5.74, 6) is 0.859. The maximum atomic E-state index is 10.7. The molecule has 0 atom stereocenters. The van der Waals surface area contributed by atoms with Gasteiger partial charge in [0, 0.05) is 18.9 Å². The quantitative estimate of drug-likeness (QED) is 0.706. The molecule has 0 fully saturated rings. The molecule has 0 radical (unpaired) electrons. The molecule has 0 saturated carbocycles. The van der Waals surface area contributed by atoms with Crippen LogP contribution in [-0.4, -0.2) is 19.9 Å². The highest BCUT2D eigenvalue weighted by molar-refractivity contribution is 5.87. The van der Waals surface area contributed by atoms with Crippen LogP contribution in [0.5, 0.6) is 5.75 Å². The van der Waals surface area contributed by atoms with Crippen molar-refractivity contribution in [2.24, 2.45) is 0 Å². The zero-order chi connectivity index (χ0) is 11.3. The van der Waals surface area contributed by atoms with E-state index in [9.17, 15) is 4.79 Å². The summed E-state index contributed by atoms with van der Waals surface area (Å²) < 4.78 is 5.06. The van der Waals surface area contributed by atoms with E-state index in [1.54, 1.807) is 13.3 Å². The van der Waals surface area contributed by atoms with Gasteiger partial charge < -0.3 is 9.64 Å². The smallest absolute Gasteiger partial charge is 0.154 e. The van der Waals surface area contributed by atoms with Crippen LogP contribution < -0.4 is 9.64 Å². The summed E-state index contributed by atoms with van der Waals surface area (Å²) in [4.78, 5) is 12.6. The van der Waals surface area contributed by atoms with Gasteiger partial charge in [0.25, 0.3) is 0 Å². The third-order valence-corrected chi connectivity index (χ3v) is 2.01. The van der Waals surface area contributed by atoms with Gasteiger partial charge in [-0.3, -0.25) is 4.79 Å². The van der Waals surface area contributed by atoms with E-state index in [-0.39, 0.29) is 5.78 Å². The zero-order valence-electron chi connectivity index (χ0n) is 9.23. The van der Waals surface area contributed by atoms with Gasteiger partial charge >= 0.3 is 0 Å². The van der Waals surface area contributed by atoms with Crippen LogP contribution in [0.25, 0.3) is 0 Å². The lowest BCUT2D eigenvalue weighted by atomic mass is 10.3. The summed E-state index contributed by atoms with van der Waals surface area (Å²) >= 11 is 0. The first-order valence-corrected chi connectivity index (χ1v) is 4.69. The molecular formula is C12H15NO2. The normalized spacial score (nSPS) is 10.3. The van der Waals surface area contributed by atoms with Crippen molar-refractivity contribution in [1.29, 1.82) is 0 Å². The monoisotopic (exact) mass is 205 g/mol. The number of allylic oxidation sites excluding steroid dienone is 1. The molecule has 0 aliphatic rings. The predicted octanol–water partition coefficient (Wildman–Crippen LogP) is 2.23. The molecule has 15 heavy (non-hydrogen) atoms. The number of methoxy groups -OCH3 is 1. The van der Waals surface area contributed by atoms with Crippen molar-refractivity contribution in [2.45, 2.75) is 6.92 Å². The van der Waals surface area contributed by atoms with Crippen LogP contribution in [-0.2, 0) is 4.79 Å². The van der Waals surface area contributed by atoms with Crippen LogP contribution in [0.15, 0.2) is 36.5 Å². The predicted molar refractivity (Wildman–Crippen MR) is 61.2 cm³/mol. The average molecular weight is 205 g/mol. The van der Waals surface area contributed by atoms with Crippen LogP contribution in [0, 0.1) is 0 Å². The van der Waals surface area contributed by atoms with Gasteiger partial charge in [-0.1, -0.05) is 0 Å². The number of carbonyl (C=O) groups is 1. The fourth-order valence-corrected chi connectivity index (χ4v) is 1.12. The molecule has 1 rings (SSSR count). The van der Waals surface area contributed by atoms with E-state index in [0.717, 1.165) is 11.4 Å². The third kappa shape index (κ3) is 3.46. The minimum atomic E-state index is 0.0374. The first-order valence-electron chi connectivity index (χ1n) is 4.69.